The maximum Gasteiger partial charge on any atom is 0.245 e. The number of benzene rings is 2. The number of nitrogens with one attached hydrogen (secondary N) is 2. The summed E-state index contributed by atoms with van der Waals surface area (Å²) in [5, 5.41) is 2.73. The number of aromatic amines is 1. The first-order valence-corrected chi connectivity index (χ1v) is 9.06. The van der Waals surface area contributed by atoms with Crippen LogP contribution in [0.4, 0.5) is 13.2 Å². The number of primary amides is 1. The van der Waals surface area contributed by atoms with Gasteiger partial charge in [-0.05, 0) is 47.9 Å². The summed E-state index contributed by atoms with van der Waals surface area (Å²) in [5.41, 5.74) is 6.79. The topological polar surface area (TPSA) is 100 Å². The normalized spacial score (nSPS) is 12.4. The van der Waals surface area contributed by atoms with Crippen molar-refractivity contribution < 1.29 is 22.8 Å². The summed E-state index contributed by atoms with van der Waals surface area (Å²) < 4.78 is 41.4. The summed E-state index contributed by atoms with van der Waals surface area (Å²) >= 11 is 0. The summed E-state index contributed by atoms with van der Waals surface area (Å²) in [6, 6.07) is 6.36. The molecule has 2 aromatic carbocycles. The lowest BCUT2D eigenvalue weighted by Gasteiger charge is -2.11. The van der Waals surface area contributed by atoms with E-state index in [9.17, 15) is 22.8 Å². The molecule has 9 heteroatoms. The predicted molar refractivity (Wildman–Crippen MR) is 107 cm³/mol. The van der Waals surface area contributed by atoms with E-state index in [0.717, 1.165) is 6.07 Å². The number of aromatic nitrogens is 1. The number of aryl methyl sites for hydroxylation is 1. The number of carbonyl (C=O) groups excluding carboxylic acids is 2. The Morgan fingerprint density at radius 1 is 1.17 bits per heavy atom. The number of rotatable bonds is 7. The van der Waals surface area contributed by atoms with Gasteiger partial charge >= 0.3 is 0 Å². The van der Waals surface area contributed by atoms with Crippen molar-refractivity contribution in [2.45, 2.75) is 18.9 Å². The zero-order chi connectivity index (χ0) is 21.8. The number of fused-ring (bicyclic) bond motifs is 1. The van der Waals surface area contributed by atoms with Crippen molar-refractivity contribution in [1.29, 1.82) is 0 Å². The summed E-state index contributed by atoms with van der Waals surface area (Å²) in [7, 11) is 1.44. The van der Waals surface area contributed by atoms with Crippen LogP contribution < -0.4 is 11.1 Å². The molecule has 0 fully saturated rings. The second-order valence-corrected chi connectivity index (χ2v) is 6.65. The summed E-state index contributed by atoms with van der Waals surface area (Å²) in [4.78, 5) is 30.3. The molecule has 3 aromatic rings. The average molecular weight is 416 g/mol. The van der Waals surface area contributed by atoms with E-state index in [1.807, 2.05) is 0 Å². The van der Waals surface area contributed by atoms with Crippen LogP contribution in [0.2, 0.25) is 0 Å². The van der Waals surface area contributed by atoms with Crippen molar-refractivity contribution in [3.8, 4) is 11.3 Å². The molecular weight excluding hydrogens is 397 g/mol. The van der Waals surface area contributed by atoms with E-state index in [2.05, 4.69) is 15.3 Å². The third-order valence-electron chi connectivity index (χ3n) is 4.59. The van der Waals surface area contributed by atoms with Crippen LogP contribution in [0, 0.1) is 17.5 Å². The van der Waals surface area contributed by atoms with Gasteiger partial charge in [-0.1, -0.05) is 0 Å². The number of nitrogens with two attached hydrogens (primary N) is 1. The van der Waals surface area contributed by atoms with Gasteiger partial charge in [-0.3, -0.25) is 14.6 Å². The SMILES string of the molecule is CN=CC(NC(=O)CCc1c(-c2ccc(F)cc2)[nH]c2c(F)cc(F)cc12)C(N)=O. The summed E-state index contributed by atoms with van der Waals surface area (Å²) in [5.74, 6) is -3.24. The van der Waals surface area contributed by atoms with Crippen molar-refractivity contribution in [3.63, 3.8) is 0 Å². The van der Waals surface area contributed by atoms with Gasteiger partial charge in [0.2, 0.25) is 11.8 Å². The van der Waals surface area contributed by atoms with Crippen molar-refractivity contribution in [3.05, 3.63) is 59.4 Å². The first kappa shape index (κ1) is 21.1. The van der Waals surface area contributed by atoms with E-state index in [0.29, 0.717) is 16.8 Å². The van der Waals surface area contributed by atoms with E-state index in [1.54, 1.807) is 0 Å². The van der Waals surface area contributed by atoms with Gasteiger partial charge in [0.15, 0.2) is 0 Å². The maximum atomic E-state index is 14.3. The van der Waals surface area contributed by atoms with Crippen LogP contribution in [0.15, 0.2) is 41.4 Å². The minimum atomic E-state index is -1.06. The van der Waals surface area contributed by atoms with Gasteiger partial charge in [-0.25, -0.2) is 13.2 Å². The van der Waals surface area contributed by atoms with Gasteiger partial charge < -0.3 is 16.0 Å². The fourth-order valence-electron chi connectivity index (χ4n) is 3.21. The van der Waals surface area contributed by atoms with E-state index in [-0.39, 0.29) is 23.7 Å². The van der Waals surface area contributed by atoms with E-state index >= 15 is 0 Å². The summed E-state index contributed by atoms with van der Waals surface area (Å²) in [6.45, 7) is 0. The first-order chi connectivity index (χ1) is 14.3. The summed E-state index contributed by atoms with van der Waals surface area (Å²) in [6.07, 6.45) is 1.23. The first-order valence-electron chi connectivity index (χ1n) is 9.06. The fourth-order valence-corrected chi connectivity index (χ4v) is 3.21. The molecule has 0 aliphatic rings. The number of amides is 2. The Balaban J connectivity index is 1.95. The number of nitrogens with zero attached hydrogens (tertiary/aromatic N) is 1. The smallest absolute Gasteiger partial charge is 0.245 e. The van der Waals surface area contributed by atoms with Crippen LogP contribution in [-0.2, 0) is 16.0 Å². The third-order valence-corrected chi connectivity index (χ3v) is 4.59. The Kier molecular flexibility index (Phi) is 6.20. The molecule has 0 spiro atoms. The minimum Gasteiger partial charge on any atom is -0.368 e. The molecule has 30 heavy (non-hydrogen) atoms. The van der Waals surface area contributed by atoms with E-state index in [4.69, 9.17) is 5.73 Å². The molecule has 1 unspecified atom stereocenters. The zero-order valence-corrected chi connectivity index (χ0v) is 16.0. The van der Waals surface area contributed by atoms with E-state index in [1.165, 1.54) is 43.6 Å². The highest BCUT2D eigenvalue weighted by atomic mass is 19.1. The van der Waals surface area contributed by atoms with Crippen LogP contribution >= 0.6 is 0 Å². The standard InChI is InChI=1S/C21H19F3N4O2/c1-26-10-17(21(25)30)27-18(29)7-6-14-15-8-13(23)9-16(24)20(15)28-19(14)11-2-4-12(22)5-3-11/h2-5,8-10,17,28H,6-7H2,1H3,(H2,25,30)(H,27,29). The molecule has 0 radical (unpaired) electrons. The Hall–Kier alpha value is -3.62. The Labute approximate surface area is 170 Å². The van der Waals surface area contributed by atoms with Gasteiger partial charge in [-0.2, -0.15) is 0 Å². The third kappa shape index (κ3) is 4.51. The van der Waals surface area contributed by atoms with Gasteiger partial charge in [0, 0.05) is 36.8 Å². The van der Waals surface area contributed by atoms with Crippen LogP contribution in [0.3, 0.4) is 0 Å². The second-order valence-electron chi connectivity index (χ2n) is 6.65. The molecule has 2 amide bonds. The Morgan fingerprint density at radius 3 is 2.50 bits per heavy atom. The molecule has 0 aliphatic heterocycles. The highest BCUT2D eigenvalue weighted by Crippen LogP contribution is 2.33. The molecule has 4 N–H and O–H groups in total. The average Bonchev–Trinajstić information content (AvgIpc) is 3.05. The molecule has 1 heterocycles. The zero-order valence-electron chi connectivity index (χ0n) is 16.0. The molecule has 156 valence electrons. The molecule has 0 saturated carbocycles. The molecule has 0 aliphatic carbocycles. The molecule has 1 atom stereocenters. The highest BCUT2D eigenvalue weighted by molar-refractivity contribution is 6.00. The fraction of sp³-hybridized carbons (Fsp3) is 0.190. The van der Waals surface area contributed by atoms with Crippen molar-refractivity contribution in [2.24, 2.45) is 10.7 Å². The molecule has 1 aromatic heterocycles. The highest BCUT2D eigenvalue weighted by Gasteiger charge is 2.20. The number of hydrogen-bond donors (Lipinski definition) is 3. The number of carbonyl (C=O) groups is 2. The number of hydrogen-bond acceptors (Lipinski definition) is 3. The Morgan fingerprint density at radius 2 is 1.87 bits per heavy atom. The van der Waals surface area contributed by atoms with Gasteiger partial charge in [-0.15, -0.1) is 0 Å². The van der Waals surface area contributed by atoms with Crippen LogP contribution in [0.25, 0.3) is 22.2 Å². The largest absolute Gasteiger partial charge is 0.368 e. The van der Waals surface area contributed by atoms with Crippen molar-refractivity contribution in [2.75, 3.05) is 7.05 Å². The lowest BCUT2D eigenvalue weighted by molar-refractivity contribution is -0.125. The lowest BCUT2D eigenvalue weighted by atomic mass is 10.0. The molecule has 3 rings (SSSR count). The molecule has 0 bridgehead atoms. The maximum absolute atomic E-state index is 14.3. The van der Waals surface area contributed by atoms with Gasteiger partial charge in [0.05, 0.1) is 5.52 Å². The monoisotopic (exact) mass is 416 g/mol. The lowest BCUT2D eigenvalue weighted by Crippen LogP contribution is -2.45. The number of H-pyrrole nitrogens is 1. The van der Waals surface area contributed by atoms with Crippen molar-refractivity contribution >= 4 is 28.9 Å². The number of halogens is 3. The minimum absolute atomic E-state index is 0.0826. The van der Waals surface area contributed by atoms with E-state index < -0.39 is 35.3 Å². The molecule has 0 saturated heterocycles. The van der Waals surface area contributed by atoms with Crippen molar-refractivity contribution in [1.82, 2.24) is 10.3 Å². The molecule has 6 nitrogen and oxygen atoms in total. The Bertz CT molecular complexity index is 1120. The van der Waals surface area contributed by atoms with Gasteiger partial charge in [0.25, 0.3) is 0 Å². The predicted octanol–water partition coefficient (Wildman–Crippen LogP) is 2.86. The number of aliphatic imine (C=N–C) groups is 1. The molecular formula is C21H19F3N4O2. The van der Waals surface area contributed by atoms with Crippen LogP contribution in [0.1, 0.15) is 12.0 Å². The van der Waals surface area contributed by atoms with Crippen LogP contribution in [0.5, 0.6) is 0 Å². The van der Waals surface area contributed by atoms with Crippen LogP contribution in [-0.4, -0.2) is 36.1 Å². The quantitative estimate of drug-likeness (QED) is 0.516. The second kappa shape index (κ2) is 8.81. The van der Waals surface area contributed by atoms with Gasteiger partial charge in [0.1, 0.15) is 23.5 Å².